The maximum absolute atomic E-state index is 14.1. The van der Waals surface area contributed by atoms with Crippen molar-refractivity contribution in [1.29, 1.82) is 0 Å². The second-order valence-corrected chi connectivity index (χ2v) is 7.29. The molecule has 1 aliphatic rings. The molecule has 2 aromatic rings. The molecule has 1 aromatic carbocycles. The van der Waals surface area contributed by atoms with Crippen molar-refractivity contribution in [2.45, 2.75) is 38.9 Å². The van der Waals surface area contributed by atoms with Crippen LogP contribution < -0.4 is 15.0 Å². The lowest BCUT2D eigenvalue weighted by atomic mass is 10.1. The highest BCUT2D eigenvalue weighted by Crippen LogP contribution is 2.25. The zero-order valence-electron chi connectivity index (χ0n) is 16.7. The van der Waals surface area contributed by atoms with Crippen LogP contribution in [-0.4, -0.2) is 48.2 Å². The van der Waals surface area contributed by atoms with E-state index in [1.807, 2.05) is 54.8 Å². The van der Waals surface area contributed by atoms with Crippen LogP contribution in [0.3, 0.4) is 0 Å². The molecule has 7 heteroatoms. The van der Waals surface area contributed by atoms with E-state index in [-0.39, 0.29) is 30.0 Å². The van der Waals surface area contributed by atoms with Crippen LogP contribution in [0, 0.1) is 5.82 Å². The fourth-order valence-electron chi connectivity index (χ4n) is 3.80. The highest BCUT2D eigenvalue weighted by atomic mass is 19.1. The zero-order chi connectivity index (χ0) is 20.3. The SMILES string of the molecule is COc1cccc([C@@H](C)NC(=O)N2[C@H](C)CN(c3ccncc3F)C[C@H]2C)c1. The summed E-state index contributed by atoms with van der Waals surface area (Å²) in [7, 11) is 1.62. The third-order valence-electron chi connectivity index (χ3n) is 5.18. The minimum absolute atomic E-state index is 0.0613. The normalized spacial score (nSPS) is 20.6. The van der Waals surface area contributed by atoms with Gasteiger partial charge in [-0.15, -0.1) is 0 Å². The molecule has 28 heavy (non-hydrogen) atoms. The number of halogens is 1. The summed E-state index contributed by atoms with van der Waals surface area (Å²) >= 11 is 0. The van der Waals surface area contributed by atoms with Crippen LogP contribution >= 0.6 is 0 Å². The molecule has 0 bridgehead atoms. The number of carbonyl (C=O) groups is 1. The number of aromatic nitrogens is 1. The highest BCUT2D eigenvalue weighted by Gasteiger charge is 2.34. The molecule has 1 aliphatic heterocycles. The number of ether oxygens (including phenoxy) is 1. The molecule has 2 heterocycles. The van der Waals surface area contributed by atoms with E-state index in [1.165, 1.54) is 6.20 Å². The number of piperazine rings is 1. The molecule has 0 spiro atoms. The van der Waals surface area contributed by atoms with Crippen molar-refractivity contribution >= 4 is 11.7 Å². The molecule has 3 rings (SSSR count). The maximum atomic E-state index is 14.1. The van der Waals surface area contributed by atoms with Crippen molar-refractivity contribution in [1.82, 2.24) is 15.2 Å². The Morgan fingerprint density at radius 3 is 2.64 bits per heavy atom. The average Bonchev–Trinajstić information content (AvgIpc) is 2.67. The standard InChI is InChI=1S/C21H27FN4O2/c1-14-12-25(20-8-9-23-11-19(20)22)13-15(2)26(14)21(27)24-16(3)17-6-5-7-18(10-17)28-4/h5-11,14-16H,12-13H2,1-4H3,(H,24,27)/t14-,15-,16-/m1/s1. The molecule has 1 N–H and O–H groups in total. The Hall–Kier alpha value is -2.83. The van der Waals surface area contributed by atoms with Gasteiger partial charge in [0, 0.05) is 31.4 Å². The molecule has 0 unspecified atom stereocenters. The fraction of sp³-hybridized carbons (Fsp3) is 0.429. The van der Waals surface area contributed by atoms with Gasteiger partial charge in [0.1, 0.15) is 5.75 Å². The number of hydrogen-bond acceptors (Lipinski definition) is 4. The number of pyridine rings is 1. The summed E-state index contributed by atoms with van der Waals surface area (Å²) in [6, 6.07) is 8.94. The van der Waals surface area contributed by atoms with Crippen LogP contribution in [0.1, 0.15) is 32.4 Å². The number of rotatable bonds is 4. The predicted molar refractivity (Wildman–Crippen MR) is 107 cm³/mol. The lowest BCUT2D eigenvalue weighted by molar-refractivity contribution is 0.139. The predicted octanol–water partition coefficient (Wildman–Crippen LogP) is 3.60. The summed E-state index contributed by atoms with van der Waals surface area (Å²) in [5, 5.41) is 3.07. The van der Waals surface area contributed by atoms with Crippen molar-refractivity contribution in [2.24, 2.45) is 0 Å². The van der Waals surface area contributed by atoms with Gasteiger partial charge in [-0.3, -0.25) is 4.98 Å². The highest BCUT2D eigenvalue weighted by molar-refractivity contribution is 5.76. The summed E-state index contributed by atoms with van der Waals surface area (Å²) in [5.74, 6) is 0.416. The smallest absolute Gasteiger partial charge is 0.318 e. The third kappa shape index (κ3) is 4.18. The van der Waals surface area contributed by atoms with E-state index in [0.29, 0.717) is 18.8 Å². The zero-order valence-corrected chi connectivity index (χ0v) is 16.7. The molecular weight excluding hydrogens is 359 g/mol. The number of nitrogens with one attached hydrogen (secondary N) is 1. The molecule has 2 amide bonds. The lowest BCUT2D eigenvalue weighted by Crippen LogP contribution is -2.61. The number of carbonyl (C=O) groups excluding carboxylic acids is 1. The van der Waals surface area contributed by atoms with E-state index >= 15 is 0 Å². The Morgan fingerprint density at radius 1 is 1.29 bits per heavy atom. The summed E-state index contributed by atoms with van der Waals surface area (Å²) in [6.45, 7) is 7.04. The maximum Gasteiger partial charge on any atom is 0.318 e. The van der Waals surface area contributed by atoms with Gasteiger partial charge in [0.25, 0.3) is 0 Å². The van der Waals surface area contributed by atoms with E-state index in [1.54, 1.807) is 19.4 Å². The summed E-state index contributed by atoms with van der Waals surface area (Å²) < 4.78 is 19.4. The minimum atomic E-state index is -0.341. The molecular formula is C21H27FN4O2. The Kier molecular flexibility index (Phi) is 6.02. The molecule has 6 nitrogen and oxygen atoms in total. The quantitative estimate of drug-likeness (QED) is 0.872. The largest absolute Gasteiger partial charge is 0.497 e. The molecule has 0 saturated carbocycles. The first-order valence-electron chi connectivity index (χ1n) is 9.48. The summed E-state index contributed by atoms with van der Waals surface area (Å²) in [4.78, 5) is 20.6. The molecule has 1 saturated heterocycles. The topological polar surface area (TPSA) is 57.7 Å². The Bertz CT molecular complexity index is 820. The fourth-order valence-corrected chi connectivity index (χ4v) is 3.80. The van der Waals surface area contributed by atoms with Gasteiger partial charge in [0.05, 0.1) is 25.0 Å². The van der Waals surface area contributed by atoms with E-state index in [2.05, 4.69) is 10.3 Å². The van der Waals surface area contributed by atoms with Crippen LogP contribution in [0.5, 0.6) is 5.75 Å². The van der Waals surface area contributed by atoms with Gasteiger partial charge in [-0.05, 0) is 44.5 Å². The number of benzene rings is 1. The molecule has 1 fully saturated rings. The molecule has 0 radical (unpaired) electrons. The number of nitrogens with zero attached hydrogens (tertiary/aromatic N) is 3. The van der Waals surface area contributed by atoms with Gasteiger partial charge in [-0.25, -0.2) is 9.18 Å². The van der Waals surface area contributed by atoms with Crippen LogP contribution in [0.25, 0.3) is 0 Å². The number of hydrogen-bond donors (Lipinski definition) is 1. The summed E-state index contributed by atoms with van der Waals surface area (Å²) in [5.41, 5.74) is 1.50. The molecule has 1 aromatic heterocycles. The Morgan fingerprint density at radius 2 is 2.00 bits per heavy atom. The van der Waals surface area contributed by atoms with Crippen molar-refractivity contribution in [3.8, 4) is 5.75 Å². The number of methoxy groups -OCH3 is 1. The number of anilines is 1. The lowest BCUT2D eigenvalue weighted by Gasteiger charge is -2.45. The van der Waals surface area contributed by atoms with Crippen LogP contribution in [0.4, 0.5) is 14.9 Å². The van der Waals surface area contributed by atoms with Gasteiger partial charge >= 0.3 is 6.03 Å². The van der Waals surface area contributed by atoms with E-state index in [4.69, 9.17) is 4.74 Å². The van der Waals surface area contributed by atoms with E-state index < -0.39 is 0 Å². The van der Waals surface area contributed by atoms with E-state index in [9.17, 15) is 9.18 Å². The van der Waals surface area contributed by atoms with Crippen LogP contribution in [-0.2, 0) is 0 Å². The van der Waals surface area contributed by atoms with Gasteiger partial charge in [-0.1, -0.05) is 12.1 Å². The number of urea groups is 1. The van der Waals surface area contributed by atoms with Crippen LogP contribution in [0.2, 0.25) is 0 Å². The third-order valence-corrected chi connectivity index (χ3v) is 5.18. The molecule has 0 aliphatic carbocycles. The van der Waals surface area contributed by atoms with Crippen molar-refractivity contribution < 1.29 is 13.9 Å². The van der Waals surface area contributed by atoms with Gasteiger partial charge < -0.3 is 19.9 Å². The molecule has 150 valence electrons. The van der Waals surface area contributed by atoms with Crippen molar-refractivity contribution in [3.63, 3.8) is 0 Å². The van der Waals surface area contributed by atoms with Crippen LogP contribution in [0.15, 0.2) is 42.7 Å². The van der Waals surface area contributed by atoms with E-state index in [0.717, 1.165) is 11.3 Å². The first kappa shape index (κ1) is 19.9. The Balaban J connectivity index is 1.68. The molecule has 3 atom stereocenters. The second-order valence-electron chi connectivity index (χ2n) is 7.29. The summed E-state index contributed by atoms with van der Waals surface area (Å²) in [6.07, 6.45) is 2.81. The number of amides is 2. The van der Waals surface area contributed by atoms with Crippen molar-refractivity contribution in [3.05, 3.63) is 54.1 Å². The Labute approximate surface area is 165 Å². The monoisotopic (exact) mass is 386 g/mol. The first-order chi connectivity index (χ1) is 13.4. The first-order valence-corrected chi connectivity index (χ1v) is 9.48. The van der Waals surface area contributed by atoms with Gasteiger partial charge in [-0.2, -0.15) is 0 Å². The average molecular weight is 386 g/mol. The van der Waals surface area contributed by atoms with Gasteiger partial charge in [0.15, 0.2) is 5.82 Å². The minimum Gasteiger partial charge on any atom is -0.497 e. The second kappa shape index (κ2) is 8.46. The van der Waals surface area contributed by atoms with Gasteiger partial charge in [0.2, 0.25) is 0 Å². The van der Waals surface area contributed by atoms with Crippen molar-refractivity contribution in [2.75, 3.05) is 25.1 Å².